The van der Waals surface area contributed by atoms with E-state index in [0.717, 1.165) is 6.54 Å². The standard InChI is InChI=1S/C10H15N3O/c1-3-11-4-8(2)10(14)9-5-12-7-13-6-9/h5-8,11H,3-4H2,1-2H3. The maximum atomic E-state index is 11.7. The van der Waals surface area contributed by atoms with Gasteiger partial charge in [0.1, 0.15) is 6.33 Å². The number of Topliss-reactive ketones (excluding diaryl/α,β-unsaturated/α-hetero) is 1. The molecule has 0 fully saturated rings. The number of carbonyl (C=O) groups is 1. The summed E-state index contributed by atoms with van der Waals surface area (Å²) in [6, 6.07) is 0. The highest BCUT2D eigenvalue weighted by molar-refractivity contribution is 5.97. The first-order valence-corrected chi connectivity index (χ1v) is 4.75. The van der Waals surface area contributed by atoms with Crippen molar-refractivity contribution in [1.29, 1.82) is 0 Å². The molecule has 0 aliphatic rings. The second-order valence-electron chi connectivity index (χ2n) is 3.20. The fraction of sp³-hybridized carbons (Fsp3) is 0.500. The van der Waals surface area contributed by atoms with E-state index >= 15 is 0 Å². The van der Waals surface area contributed by atoms with Gasteiger partial charge in [0.2, 0.25) is 0 Å². The highest BCUT2D eigenvalue weighted by Crippen LogP contribution is 2.04. The van der Waals surface area contributed by atoms with Gasteiger partial charge in [0.25, 0.3) is 0 Å². The number of nitrogens with zero attached hydrogens (tertiary/aromatic N) is 2. The second kappa shape index (κ2) is 5.44. The molecular formula is C10H15N3O. The molecular weight excluding hydrogens is 178 g/mol. The Labute approximate surface area is 83.8 Å². The molecule has 1 aromatic heterocycles. The largest absolute Gasteiger partial charge is 0.316 e. The Balaban J connectivity index is 2.57. The minimum Gasteiger partial charge on any atom is -0.316 e. The fourth-order valence-electron chi connectivity index (χ4n) is 1.16. The zero-order valence-corrected chi connectivity index (χ0v) is 8.53. The lowest BCUT2D eigenvalue weighted by atomic mass is 10.0. The van der Waals surface area contributed by atoms with Crippen LogP contribution in [0, 0.1) is 5.92 Å². The number of rotatable bonds is 5. The monoisotopic (exact) mass is 193 g/mol. The van der Waals surface area contributed by atoms with Crippen LogP contribution in [0.3, 0.4) is 0 Å². The zero-order valence-electron chi connectivity index (χ0n) is 8.53. The first-order valence-electron chi connectivity index (χ1n) is 4.75. The molecule has 0 aromatic carbocycles. The predicted molar refractivity (Wildman–Crippen MR) is 54.1 cm³/mol. The van der Waals surface area contributed by atoms with Gasteiger partial charge in [-0.05, 0) is 6.54 Å². The lowest BCUT2D eigenvalue weighted by molar-refractivity contribution is 0.0928. The molecule has 1 unspecified atom stereocenters. The summed E-state index contributed by atoms with van der Waals surface area (Å²) in [5.41, 5.74) is 0.581. The molecule has 14 heavy (non-hydrogen) atoms. The van der Waals surface area contributed by atoms with Gasteiger partial charge >= 0.3 is 0 Å². The summed E-state index contributed by atoms with van der Waals surface area (Å²) in [5.74, 6) is 0.0625. The van der Waals surface area contributed by atoms with Crippen LogP contribution in [-0.2, 0) is 0 Å². The third-order valence-corrected chi connectivity index (χ3v) is 1.99. The van der Waals surface area contributed by atoms with Crippen LogP contribution in [0.4, 0.5) is 0 Å². The average molecular weight is 193 g/mol. The van der Waals surface area contributed by atoms with Crippen molar-refractivity contribution in [2.75, 3.05) is 13.1 Å². The maximum Gasteiger partial charge on any atom is 0.170 e. The Morgan fingerprint density at radius 1 is 1.50 bits per heavy atom. The highest BCUT2D eigenvalue weighted by atomic mass is 16.1. The van der Waals surface area contributed by atoms with E-state index in [1.807, 2.05) is 13.8 Å². The fourth-order valence-corrected chi connectivity index (χ4v) is 1.16. The van der Waals surface area contributed by atoms with E-state index in [9.17, 15) is 4.79 Å². The van der Waals surface area contributed by atoms with Crippen molar-refractivity contribution in [3.05, 3.63) is 24.3 Å². The molecule has 0 aliphatic heterocycles. The van der Waals surface area contributed by atoms with E-state index in [1.54, 1.807) is 12.4 Å². The summed E-state index contributed by atoms with van der Waals surface area (Å²) in [5, 5.41) is 3.14. The van der Waals surface area contributed by atoms with Gasteiger partial charge in [-0.1, -0.05) is 13.8 Å². The highest BCUT2D eigenvalue weighted by Gasteiger charge is 2.14. The van der Waals surface area contributed by atoms with Crippen molar-refractivity contribution in [3.8, 4) is 0 Å². The van der Waals surface area contributed by atoms with Crippen LogP contribution in [0.5, 0.6) is 0 Å². The molecule has 0 bridgehead atoms. The Morgan fingerprint density at radius 3 is 2.71 bits per heavy atom. The van der Waals surface area contributed by atoms with Gasteiger partial charge in [-0.25, -0.2) is 9.97 Å². The normalized spacial score (nSPS) is 12.4. The number of hydrogen-bond acceptors (Lipinski definition) is 4. The number of ketones is 1. The van der Waals surface area contributed by atoms with E-state index in [1.165, 1.54) is 6.33 Å². The van der Waals surface area contributed by atoms with Crippen LogP contribution in [0.25, 0.3) is 0 Å². The van der Waals surface area contributed by atoms with Gasteiger partial charge in [0, 0.05) is 24.9 Å². The summed E-state index contributed by atoms with van der Waals surface area (Å²) in [6.07, 6.45) is 4.53. The van der Waals surface area contributed by atoms with E-state index < -0.39 is 0 Å². The smallest absolute Gasteiger partial charge is 0.170 e. The lowest BCUT2D eigenvalue weighted by Crippen LogP contribution is -2.26. The van der Waals surface area contributed by atoms with Gasteiger partial charge in [0.15, 0.2) is 5.78 Å². The van der Waals surface area contributed by atoms with Crippen LogP contribution >= 0.6 is 0 Å². The molecule has 1 heterocycles. The van der Waals surface area contributed by atoms with Gasteiger partial charge in [-0.3, -0.25) is 4.79 Å². The number of carbonyl (C=O) groups excluding carboxylic acids is 1. The molecule has 1 rings (SSSR count). The molecule has 0 radical (unpaired) electrons. The molecule has 1 N–H and O–H groups in total. The Kier molecular flexibility index (Phi) is 4.19. The summed E-state index contributed by atoms with van der Waals surface area (Å²) in [6.45, 7) is 5.49. The topological polar surface area (TPSA) is 54.9 Å². The average Bonchev–Trinajstić information content (AvgIpc) is 2.26. The first kappa shape index (κ1) is 10.8. The molecule has 0 saturated carbocycles. The number of nitrogens with one attached hydrogen (secondary N) is 1. The van der Waals surface area contributed by atoms with E-state index in [2.05, 4.69) is 15.3 Å². The van der Waals surface area contributed by atoms with Gasteiger partial charge < -0.3 is 5.32 Å². The minimum absolute atomic E-state index is 0.0269. The van der Waals surface area contributed by atoms with Crippen LogP contribution in [0.2, 0.25) is 0 Å². The van der Waals surface area contributed by atoms with Gasteiger partial charge in [-0.15, -0.1) is 0 Å². The van der Waals surface area contributed by atoms with Crippen molar-refractivity contribution >= 4 is 5.78 Å². The van der Waals surface area contributed by atoms with Crippen molar-refractivity contribution in [2.45, 2.75) is 13.8 Å². The predicted octanol–water partition coefficient (Wildman–Crippen LogP) is 0.905. The molecule has 4 heteroatoms. The first-order chi connectivity index (χ1) is 6.75. The van der Waals surface area contributed by atoms with Crippen LogP contribution in [0.1, 0.15) is 24.2 Å². The lowest BCUT2D eigenvalue weighted by Gasteiger charge is -2.09. The Bertz CT molecular complexity index is 287. The van der Waals surface area contributed by atoms with Gasteiger partial charge in [-0.2, -0.15) is 0 Å². The van der Waals surface area contributed by atoms with Crippen LogP contribution < -0.4 is 5.32 Å². The molecule has 0 spiro atoms. The zero-order chi connectivity index (χ0) is 10.4. The molecule has 4 nitrogen and oxygen atoms in total. The summed E-state index contributed by atoms with van der Waals surface area (Å²) < 4.78 is 0. The third-order valence-electron chi connectivity index (χ3n) is 1.99. The van der Waals surface area contributed by atoms with Gasteiger partial charge in [0.05, 0.1) is 5.56 Å². The summed E-state index contributed by atoms with van der Waals surface area (Å²) in [7, 11) is 0. The molecule has 76 valence electrons. The maximum absolute atomic E-state index is 11.7. The van der Waals surface area contributed by atoms with E-state index in [-0.39, 0.29) is 11.7 Å². The van der Waals surface area contributed by atoms with E-state index in [0.29, 0.717) is 12.1 Å². The minimum atomic E-state index is -0.0269. The molecule has 0 saturated heterocycles. The molecule has 1 aromatic rings. The molecule has 1 atom stereocenters. The number of hydrogen-bond donors (Lipinski definition) is 1. The van der Waals surface area contributed by atoms with Crippen LogP contribution in [0.15, 0.2) is 18.7 Å². The molecule has 0 amide bonds. The van der Waals surface area contributed by atoms with Crippen molar-refractivity contribution < 1.29 is 4.79 Å². The third kappa shape index (κ3) is 2.88. The number of aromatic nitrogens is 2. The van der Waals surface area contributed by atoms with Crippen LogP contribution in [-0.4, -0.2) is 28.8 Å². The molecule has 0 aliphatic carbocycles. The second-order valence-corrected chi connectivity index (χ2v) is 3.20. The SMILES string of the molecule is CCNCC(C)C(=O)c1cncnc1. The quantitative estimate of drug-likeness (QED) is 0.706. The Hall–Kier alpha value is -1.29. The Morgan fingerprint density at radius 2 is 2.14 bits per heavy atom. The van der Waals surface area contributed by atoms with Crippen molar-refractivity contribution in [2.24, 2.45) is 5.92 Å². The van der Waals surface area contributed by atoms with E-state index in [4.69, 9.17) is 0 Å². The summed E-state index contributed by atoms with van der Waals surface area (Å²) >= 11 is 0. The van der Waals surface area contributed by atoms with Crippen molar-refractivity contribution in [3.63, 3.8) is 0 Å². The summed E-state index contributed by atoms with van der Waals surface area (Å²) in [4.78, 5) is 19.4. The van der Waals surface area contributed by atoms with Crippen molar-refractivity contribution in [1.82, 2.24) is 15.3 Å².